The zero-order chi connectivity index (χ0) is 12.3. The van der Waals surface area contributed by atoms with E-state index in [1.807, 2.05) is 11.7 Å². The molecule has 0 aromatic heterocycles. The van der Waals surface area contributed by atoms with Crippen LogP contribution in [0, 0.1) is 0 Å². The first kappa shape index (κ1) is 12.9. The van der Waals surface area contributed by atoms with E-state index < -0.39 is 9.84 Å². The first-order valence-corrected chi connectivity index (χ1v) is 8.01. The van der Waals surface area contributed by atoms with Crippen molar-refractivity contribution < 1.29 is 13.2 Å². The quantitative estimate of drug-likeness (QED) is 0.589. The molecule has 1 unspecified atom stereocenters. The van der Waals surface area contributed by atoms with E-state index in [2.05, 4.69) is 0 Å². The van der Waals surface area contributed by atoms with Crippen LogP contribution in [0.2, 0.25) is 0 Å². The molecule has 0 saturated carbocycles. The zero-order valence-electron chi connectivity index (χ0n) is 8.93. The summed E-state index contributed by atoms with van der Waals surface area (Å²) < 4.78 is 22.1. The van der Waals surface area contributed by atoms with Gasteiger partial charge in [0.1, 0.15) is 0 Å². The molecule has 16 heavy (non-hydrogen) atoms. The van der Waals surface area contributed by atoms with E-state index in [4.69, 9.17) is 5.73 Å². The molecule has 0 fully saturated rings. The molecule has 0 saturated heterocycles. The Balaban J connectivity index is 3.30. The van der Waals surface area contributed by atoms with Crippen molar-refractivity contribution in [3.63, 3.8) is 0 Å². The second-order valence-electron chi connectivity index (χ2n) is 3.36. The van der Waals surface area contributed by atoms with Gasteiger partial charge < -0.3 is 5.73 Å². The van der Waals surface area contributed by atoms with E-state index in [0.29, 0.717) is 11.3 Å². The lowest BCUT2D eigenvalue weighted by atomic mass is 10.1. The summed E-state index contributed by atoms with van der Waals surface area (Å²) in [5, 5.41) is 4.52. The van der Waals surface area contributed by atoms with Gasteiger partial charge in [0.25, 0.3) is 0 Å². The third kappa shape index (κ3) is 3.46. The summed E-state index contributed by atoms with van der Waals surface area (Å²) in [6.45, 7) is 0. The van der Waals surface area contributed by atoms with Gasteiger partial charge in [-0.15, -0.1) is 0 Å². The lowest BCUT2D eigenvalue weighted by Crippen LogP contribution is -2.08. The van der Waals surface area contributed by atoms with Crippen molar-refractivity contribution in [2.45, 2.75) is 0 Å². The molecule has 0 aromatic rings. The number of sulfone groups is 1. The summed E-state index contributed by atoms with van der Waals surface area (Å²) in [7, 11) is -3.46. The van der Waals surface area contributed by atoms with Gasteiger partial charge in [0.05, 0.1) is 0 Å². The Morgan fingerprint density at radius 1 is 1.56 bits per heavy atom. The van der Waals surface area contributed by atoms with Gasteiger partial charge in [0.15, 0.2) is 9.84 Å². The molecule has 1 aliphatic rings. The van der Waals surface area contributed by atoms with Crippen molar-refractivity contribution in [2.24, 2.45) is 5.73 Å². The van der Waals surface area contributed by atoms with Crippen LogP contribution in [0.25, 0.3) is 0 Å². The SMILES string of the molecule is CS1=CC(N)=C(C([C]=O)=CS(C)(=O)=O)C=C1. The third-order valence-electron chi connectivity index (χ3n) is 1.81. The Labute approximate surface area is 97.4 Å². The van der Waals surface area contributed by atoms with Crippen LogP contribution in [0.1, 0.15) is 0 Å². The maximum atomic E-state index is 11.1. The predicted molar refractivity (Wildman–Crippen MR) is 68.6 cm³/mol. The summed E-state index contributed by atoms with van der Waals surface area (Å²) >= 11 is 0. The van der Waals surface area contributed by atoms with Crippen molar-refractivity contribution in [3.05, 3.63) is 33.7 Å². The van der Waals surface area contributed by atoms with Crippen LogP contribution in [0.3, 0.4) is 0 Å². The molecular weight excluding hydrogens is 246 g/mol. The number of rotatable bonds is 3. The van der Waals surface area contributed by atoms with Gasteiger partial charge in [-0.2, -0.15) is 10.5 Å². The van der Waals surface area contributed by atoms with Crippen LogP contribution >= 0.6 is 10.5 Å². The van der Waals surface area contributed by atoms with Gasteiger partial charge in [-0.1, -0.05) is 0 Å². The second kappa shape index (κ2) is 4.80. The minimum absolute atomic E-state index is 0.0378. The highest BCUT2D eigenvalue weighted by molar-refractivity contribution is 8.17. The maximum Gasteiger partial charge on any atom is 0.234 e. The normalized spacial score (nSPS) is 21.9. The molecule has 6 heteroatoms. The lowest BCUT2D eigenvalue weighted by Gasteiger charge is -2.09. The second-order valence-corrected chi connectivity index (χ2v) is 6.98. The number of hydrogen-bond acceptors (Lipinski definition) is 4. The van der Waals surface area contributed by atoms with Gasteiger partial charge in [-0.3, -0.25) is 4.79 Å². The maximum absolute atomic E-state index is 11.1. The molecule has 0 spiro atoms. The molecule has 4 nitrogen and oxygen atoms in total. The van der Waals surface area contributed by atoms with Crippen molar-refractivity contribution in [3.8, 4) is 0 Å². The van der Waals surface area contributed by atoms with E-state index in [-0.39, 0.29) is 16.1 Å². The van der Waals surface area contributed by atoms with Crippen LogP contribution < -0.4 is 5.73 Å². The summed E-state index contributed by atoms with van der Waals surface area (Å²) in [6, 6.07) is 0. The van der Waals surface area contributed by atoms with E-state index in [0.717, 1.165) is 11.7 Å². The van der Waals surface area contributed by atoms with Gasteiger partial charge in [0, 0.05) is 28.5 Å². The summed E-state index contributed by atoms with van der Waals surface area (Å²) in [6.07, 6.45) is 6.23. The van der Waals surface area contributed by atoms with Crippen molar-refractivity contribution in [2.75, 3.05) is 12.5 Å². The molecule has 0 aliphatic carbocycles. The molecule has 1 atom stereocenters. The van der Waals surface area contributed by atoms with E-state index in [9.17, 15) is 13.2 Å². The minimum Gasteiger partial charge on any atom is -0.398 e. The number of carbonyl (C=O) groups excluding carboxylic acids is 1. The predicted octanol–water partition coefficient (Wildman–Crippen LogP) is 0.466. The van der Waals surface area contributed by atoms with Crippen molar-refractivity contribution in [1.82, 2.24) is 0 Å². The number of hydrogen-bond donors (Lipinski definition) is 1. The Kier molecular flexibility index (Phi) is 3.88. The molecule has 0 amide bonds. The molecule has 1 radical (unpaired) electrons. The summed E-state index contributed by atoms with van der Waals surface area (Å²) in [5.74, 6) is 0. The lowest BCUT2D eigenvalue weighted by molar-refractivity contribution is 0.562. The molecule has 1 rings (SSSR count). The molecule has 0 aromatic carbocycles. The van der Waals surface area contributed by atoms with Crippen molar-refractivity contribution in [1.29, 1.82) is 0 Å². The van der Waals surface area contributed by atoms with E-state index >= 15 is 0 Å². The van der Waals surface area contributed by atoms with Crippen LogP contribution in [0.15, 0.2) is 33.7 Å². The topological polar surface area (TPSA) is 77.2 Å². The fourth-order valence-electron chi connectivity index (χ4n) is 1.18. The minimum atomic E-state index is -3.38. The molecule has 2 N–H and O–H groups in total. The van der Waals surface area contributed by atoms with E-state index in [1.54, 1.807) is 17.7 Å². The summed E-state index contributed by atoms with van der Waals surface area (Å²) in [5.41, 5.74) is 6.51. The van der Waals surface area contributed by atoms with Gasteiger partial charge >= 0.3 is 0 Å². The number of allylic oxidation sites excluding steroid dienone is 4. The highest BCUT2D eigenvalue weighted by Crippen LogP contribution is 2.22. The average Bonchev–Trinajstić information content (AvgIpc) is 2.13. The Hall–Kier alpha value is -1.14. The first-order valence-electron chi connectivity index (χ1n) is 4.30. The number of nitrogens with two attached hydrogens (primary N) is 1. The molecule has 0 bridgehead atoms. The van der Waals surface area contributed by atoms with Crippen LogP contribution in [-0.2, 0) is 14.6 Å². The van der Waals surface area contributed by atoms with Gasteiger partial charge in [-0.05, 0) is 23.1 Å². The highest BCUT2D eigenvalue weighted by Gasteiger charge is 2.11. The smallest absolute Gasteiger partial charge is 0.234 e. The van der Waals surface area contributed by atoms with E-state index in [1.165, 1.54) is 0 Å². The third-order valence-corrected chi connectivity index (χ3v) is 3.66. The Bertz CT molecular complexity index is 536. The largest absolute Gasteiger partial charge is 0.398 e. The molecule has 1 heterocycles. The van der Waals surface area contributed by atoms with Crippen LogP contribution in [0.4, 0.5) is 0 Å². The molecular formula is C10H12NO3S2. The summed E-state index contributed by atoms with van der Waals surface area (Å²) in [4.78, 5) is 10.7. The molecule has 1 aliphatic heterocycles. The fraction of sp³-hybridized carbons (Fsp3) is 0.200. The zero-order valence-corrected chi connectivity index (χ0v) is 10.6. The van der Waals surface area contributed by atoms with Crippen molar-refractivity contribution >= 4 is 32.0 Å². The highest BCUT2D eigenvalue weighted by atomic mass is 32.2. The van der Waals surface area contributed by atoms with Gasteiger partial charge in [0.2, 0.25) is 6.29 Å². The fourth-order valence-corrected chi connectivity index (χ4v) is 2.74. The molecule has 87 valence electrons. The monoisotopic (exact) mass is 258 g/mol. The Morgan fingerprint density at radius 2 is 2.19 bits per heavy atom. The van der Waals surface area contributed by atoms with Crippen LogP contribution in [-0.4, -0.2) is 32.6 Å². The van der Waals surface area contributed by atoms with Crippen LogP contribution in [0.5, 0.6) is 0 Å². The standard InChI is InChI=1S/C10H12NO3S2/c1-15-4-3-9(10(11)6-15)8(5-12)7-16(2,13)14/h3-4,6-7H,11H2,1-2H3. The first-order chi connectivity index (χ1) is 7.33. The van der Waals surface area contributed by atoms with Gasteiger partial charge in [-0.25, -0.2) is 8.42 Å². The average molecular weight is 258 g/mol. The Morgan fingerprint density at radius 3 is 2.62 bits per heavy atom.